The van der Waals surface area contributed by atoms with Gasteiger partial charge in [0, 0.05) is 12.6 Å². The molecule has 0 aliphatic rings. The van der Waals surface area contributed by atoms with Crippen molar-refractivity contribution in [3.05, 3.63) is 59.5 Å². The monoisotopic (exact) mass is 293 g/mol. The van der Waals surface area contributed by atoms with Gasteiger partial charge in [0.1, 0.15) is 11.3 Å². The van der Waals surface area contributed by atoms with E-state index in [4.69, 9.17) is 4.98 Å². The van der Waals surface area contributed by atoms with Gasteiger partial charge in [-0.2, -0.15) is 0 Å². The van der Waals surface area contributed by atoms with Crippen LogP contribution in [-0.2, 0) is 13.0 Å². The van der Waals surface area contributed by atoms with Crippen LogP contribution in [0.25, 0.3) is 11.2 Å². The summed E-state index contributed by atoms with van der Waals surface area (Å²) in [6, 6.07) is 12.5. The Labute approximate surface area is 132 Å². The number of benzene rings is 1. The molecule has 0 aliphatic heterocycles. The molecule has 114 valence electrons. The number of aryl methyl sites for hydroxylation is 1. The number of hydrogen-bond donors (Lipinski definition) is 0. The number of hydrogen-bond acceptors (Lipinski definition) is 2. The van der Waals surface area contributed by atoms with Crippen molar-refractivity contribution in [2.45, 2.75) is 40.7 Å². The molecule has 0 bridgehead atoms. The Morgan fingerprint density at radius 3 is 2.55 bits per heavy atom. The quantitative estimate of drug-likeness (QED) is 0.717. The normalized spacial score (nSPS) is 12.0. The van der Waals surface area contributed by atoms with Gasteiger partial charge in [-0.3, -0.25) is 0 Å². The highest BCUT2D eigenvalue weighted by atomic mass is 15.1. The van der Waals surface area contributed by atoms with Gasteiger partial charge in [-0.25, -0.2) is 9.97 Å². The zero-order valence-electron chi connectivity index (χ0n) is 13.8. The third kappa shape index (κ3) is 3.03. The molecule has 1 aromatic carbocycles. The van der Waals surface area contributed by atoms with Crippen LogP contribution >= 0.6 is 0 Å². The highest BCUT2D eigenvalue weighted by Crippen LogP contribution is 2.24. The number of fused-ring (bicyclic) bond motifs is 1. The molecule has 2 aromatic heterocycles. The topological polar surface area (TPSA) is 30.7 Å². The van der Waals surface area contributed by atoms with Crippen LogP contribution in [0.5, 0.6) is 0 Å². The summed E-state index contributed by atoms with van der Waals surface area (Å²) in [4.78, 5) is 9.38. The van der Waals surface area contributed by atoms with Crippen LogP contribution in [0.1, 0.15) is 37.7 Å². The van der Waals surface area contributed by atoms with E-state index in [1.54, 1.807) is 0 Å². The van der Waals surface area contributed by atoms with Crippen molar-refractivity contribution >= 4 is 11.2 Å². The van der Waals surface area contributed by atoms with Gasteiger partial charge in [-0.05, 0) is 35.6 Å². The zero-order chi connectivity index (χ0) is 15.7. The first-order valence-electron chi connectivity index (χ1n) is 7.79. The second kappa shape index (κ2) is 5.56. The molecule has 3 nitrogen and oxygen atoms in total. The SMILES string of the molecule is Cc1ccccc1Cn1c(CC(C)(C)C)nc2cccnc21. The minimum absolute atomic E-state index is 0.199. The fourth-order valence-electron chi connectivity index (χ4n) is 2.74. The summed E-state index contributed by atoms with van der Waals surface area (Å²) < 4.78 is 2.27. The van der Waals surface area contributed by atoms with E-state index in [1.165, 1.54) is 11.1 Å². The largest absolute Gasteiger partial charge is 0.308 e. The van der Waals surface area contributed by atoms with Crippen molar-refractivity contribution in [1.82, 2.24) is 14.5 Å². The number of imidazole rings is 1. The first-order valence-corrected chi connectivity index (χ1v) is 7.79. The van der Waals surface area contributed by atoms with E-state index in [2.05, 4.69) is 61.5 Å². The van der Waals surface area contributed by atoms with Gasteiger partial charge in [-0.15, -0.1) is 0 Å². The van der Waals surface area contributed by atoms with Crippen LogP contribution in [-0.4, -0.2) is 14.5 Å². The third-order valence-corrected chi connectivity index (χ3v) is 3.86. The van der Waals surface area contributed by atoms with Gasteiger partial charge in [0.05, 0.1) is 6.54 Å². The van der Waals surface area contributed by atoms with Crippen molar-refractivity contribution < 1.29 is 0 Å². The molecule has 0 spiro atoms. The minimum Gasteiger partial charge on any atom is -0.308 e. The number of rotatable bonds is 3. The Morgan fingerprint density at radius 2 is 1.82 bits per heavy atom. The summed E-state index contributed by atoms with van der Waals surface area (Å²) in [6.45, 7) is 9.73. The van der Waals surface area contributed by atoms with E-state index < -0.39 is 0 Å². The number of nitrogens with zero attached hydrogens (tertiary/aromatic N) is 3. The van der Waals surface area contributed by atoms with Crippen molar-refractivity contribution in [2.24, 2.45) is 5.41 Å². The van der Waals surface area contributed by atoms with Crippen molar-refractivity contribution in [3.63, 3.8) is 0 Å². The molecule has 0 saturated carbocycles. The third-order valence-electron chi connectivity index (χ3n) is 3.86. The summed E-state index contributed by atoms with van der Waals surface area (Å²) in [5.74, 6) is 1.12. The molecule has 0 unspecified atom stereocenters. The average Bonchev–Trinajstić information content (AvgIpc) is 2.77. The van der Waals surface area contributed by atoms with Crippen molar-refractivity contribution in [2.75, 3.05) is 0 Å². The highest BCUT2D eigenvalue weighted by Gasteiger charge is 2.19. The summed E-state index contributed by atoms with van der Waals surface area (Å²) in [6.07, 6.45) is 2.79. The molecule has 0 amide bonds. The Balaban J connectivity index is 2.09. The van der Waals surface area contributed by atoms with Gasteiger partial charge in [-0.1, -0.05) is 45.0 Å². The minimum atomic E-state index is 0.199. The Kier molecular flexibility index (Phi) is 3.73. The molecular formula is C19H23N3. The van der Waals surface area contributed by atoms with E-state index in [0.717, 1.165) is 30.0 Å². The lowest BCUT2D eigenvalue weighted by Crippen LogP contribution is -2.15. The molecular weight excluding hydrogens is 270 g/mol. The van der Waals surface area contributed by atoms with E-state index in [-0.39, 0.29) is 5.41 Å². The average molecular weight is 293 g/mol. The fraction of sp³-hybridized carbons (Fsp3) is 0.368. The van der Waals surface area contributed by atoms with Gasteiger partial charge in [0.15, 0.2) is 5.65 Å². The van der Waals surface area contributed by atoms with Gasteiger partial charge in [0.25, 0.3) is 0 Å². The van der Waals surface area contributed by atoms with Crippen LogP contribution < -0.4 is 0 Å². The fourth-order valence-corrected chi connectivity index (χ4v) is 2.74. The Morgan fingerprint density at radius 1 is 1.05 bits per heavy atom. The van der Waals surface area contributed by atoms with E-state index in [9.17, 15) is 0 Å². The maximum atomic E-state index is 4.82. The maximum absolute atomic E-state index is 4.82. The molecule has 22 heavy (non-hydrogen) atoms. The van der Waals surface area contributed by atoms with Gasteiger partial charge >= 0.3 is 0 Å². The van der Waals surface area contributed by atoms with Gasteiger partial charge < -0.3 is 4.57 Å². The van der Waals surface area contributed by atoms with E-state index in [1.807, 2.05) is 18.3 Å². The first kappa shape index (κ1) is 14.8. The molecule has 2 heterocycles. The van der Waals surface area contributed by atoms with Crippen LogP contribution in [0.4, 0.5) is 0 Å². The summed E-state index contributed by atoms with van der Waals surface area (Å²) in [5, 5.41) is 0. The Hall–Kier alpha value is -2.16. The lowest BCUT2D eigenvalue weighted by atomic mass is 9.92. The molecule has 3 rings (SSSR count). The van der Waals surface area contributed by atoms with Crippen molar-refractivity contribution in [3.8, 4) is 0 Å². The van der Waals surface area contributed by atoms with Gasteiger partial charge in [0.2, 0.25) is 0 Å². The lowest BCUT2D eigenvalue weighted by molar-refractivity contribution is 0.394. The van der Waals surface area contributed by atoms with Crippen LogP contribution in [0.3, 0.4) is 0 Å². The molecule has 0 N–H and O–H groups in total. The summed E-state index contributed by atoms with van der Waals surface area (Å²) >= 11 is 0. The molecule has 3 heteroatoms. The summed E-state index contributed by atoms with van der Waals surface area (Å²) in [7, 11) is 0. The highest BCUT2D eigenvalue weighted by molar-refractivity contribution is 5.71. The Bertz CT molecular complexity index is 794. The van der Waals surface area contributed by atoms with E-state index >= 15 is 0 Å². The maximum Gasteiger partial charge on any atom is 0.160 e. The second-order valence-corrected chi connectivity index (χ2v) is 7.12. The first-order chi connectivity index (χ1) is 10.4. The van der Waals surface area contributed by atoms with Crippen LogP contribution in [0, 0.1) is 12.3 Å². The second-order valence-electron chi connectivity index (χ2n) is 7.12. The smallest absolute Gasteiger partial charge is 0.160 e. The molecule has 0 atom stereocenters. The predicted molar refractivity (Wildman–Crippen MR) is 91.0 cm³/mol. The predicted octanol–water partition coefficient (Wildman–Crippen LogP) is 4.38. The van der Waals surface area contributed by atoms with Crippen LogP contribution in [0.15, 0.2) is 42.6 Å². The standard InChI is InChI=1S/C19H23N3/c1-14-8-5-6-9-15(14)13-22-17(12-19(2,3)4)21-16-10-7-11-20-18(16)22/h5-11H,12-13H2,1-4H3. The molecule has 0 fully saturated rings. The van der Waals surface area contributed by atoms with Crippen molar-refractivity contribution in [1.29, 1.82) is 0 Å². The molecule has 0 aliphatic carbocycles. The van der Waals surface area contributed by atoms with E-state index in [0.29, 0.717) is 0 Å². The number of aromatic nitrogens is 3. The summed E-state index contributed by atoms with van der Waals surface area (Å²) in [5.41, 5.74) is 4.79. The molecule has 0 radical (unpaired) electrons. The van der Waals surface area contributed by atoms with Crippen LogP contribution in [0.2, 0.25) is 0 Å². The molecule has 3 aromatic rings. The zero-order valence-corrected chi connectivity index (χ0v) is 13.8. The molecule has 0 saturated heterocycles. The number of pyridine rings is 1. The lowest BCUT2D eigenvalue weighted by Gasteiger charge is -2.19.